The van der Waals surface area contributed by atoms with Crippen molar-refractivity contribution in [2.45, 2.75) is 11.8 Å². The Labute approximate surface area is 145 Å². The van der Waals surface area contributed by atoms with Crippen LogP contribution in [0.25, 0.3) is 0 Å². The first-order valence-corrected chi connectivity index (χ1v) is 9.02. The summed E-state index contributed by atoms with van der Waals surface area (Å²) in [6, 6.07) is 13.4. The van der Waals surface area contributed by atoms with Gasteiger partial charge >= 0.3 is 0 Å². The van der Waals surface area contributed by atoms with E-state index in [2.05, 4.69) is 0 Å². The molecule has 0 amide bonds. The van der Waals surface area contributed by atoms with Crippen LogP contribution in [0.3, 0.4) is 0 Å². The van der Waals surface area contributed by atoms with E-state index in [1.54, 1.807) is 41.3 Å². The van der Waals surface area contributed by atoms with Crippen LogP contribution in [0.2, 0.25) is 5.02 Å². The summed E-state index contributed by atoms with van der Waals surface area (Å²) in [5.41, 5.74) is 1.11. The van der Waals surface area contributed by atoms with Crippen molar-refractivity contribution < 1.29 is 13.2 Å². The van der Waals surface area contributed by atoms with E-state index in [0.29, 0.717) is 28.8 Å². The Morgan fingerprint density at radius 2 is 1.92 bits per heavy atom. The van der Waals surface area contributed by atoms with Crippen LogP contribution in [-0.2, 0) is 9.84 Å². The molecular weight excluding hydrogens is 348 g/mol. The molecule has 24 heavy (non-hydrogen) atoms. The van der Waals surface area contributed by atoms with Gasteiger partial charge in [-0.1, -0.05) is 11.6 Å². The lowest BCUT2D eigenvalue weighted by molar-refractivity contribution is 0.340. The van der Waals surface area contributed by atoms with Crippen LogP contribution in [0.4, 0.5) is 11.4 Å². The van der Waals surface area contributed by atoms with Crippen molar-refractivity contribution in [2.75, 3.05) is 11.5 Å². The van der Waals surface area contributed by atoms with E-state index in [4.69, 9.17) is 16.3 Å². The monoisotopic (exact) mass is 360 g/mol. The Hall–Kier alpha value is -2.49. The van der Waals surface area contributed by atoms with Gasteiger partial charge in [-0.15, -0.1) is 0 Å². The third-order valence-electron chi connectivity index (χ3n) is 3.54. The number of halogens is 1. The summed E-state index contributed by atoms with van der Waals surface area (Å²) in [5, 5.41) is 9.63. The van der Waals surface area contributed by atoms with Gasteiger partial charge in [0.25, 0.3) is 0 Å². The van der Waals surface area contributed by atoms with E-state index >= 15 is 0 Å². The fourth-order valence-corrected chi connectivity index (χ4v) is 3.90. The molecule has 0 bridgehead atoms. The summed E-state index contributed by atoms with van der Waals surface area (Å²) in [7, 11) is -3.83. The van der Waals surface area contributed by atoms with E-state index in [0.717, 1.165) is 0 Å². The number of hydrogen-bond acceptors (Lipinski definition) is 5. The Bertz CT molecular complexity index is 960. The normalized spacial score (nSPS) is 15.2. The molecule has 0 spiro atoms. The summed E-state index contributed by atoms with van der Waals surface area (Å²) >= 11 is 6.03. The third-order valence-corrected chi connectivity index (χ3v) is 5.48. The first-order valence-electron chi connectivity index (χ1n) is 7.16. The number of fused-ring (bicyclic) bond motifs is 1. The van der Waals surface area contributed by atoms with Crippen LogP contribution in [0.15, 0.2) is 58.5 Å². The number of nitrogens with zero attached hydrogens (tertiary/aromatic N) is 2. The Morgan fingerprint density at radius 1 is 1.21 bits per heavy atom. The topological polar surface area (TPSA) is 70.4 Å². The highest BCUT2D eigenvalue weighted by atomic mass is 35.5. The predicted octanol–water partition coefficient (Wildman–Crippen LogP) is 4.03. The molecule has 0 unspecified atom stereocenters. The third kappa shape index (κ3) is 2.73. The molecule has 1 heterocycles. The van der Waals surface area contributed by atoms with Gasteiger partial charge in [0.15, 0.2) is 4.91 Å². The molecule has 2 aromatic carbocycles. The summed E-state index contributed by atoms with van der Waals surface area (Å²) in [4.78, 5) is 1.38. The van der Waals surface area contributed by atoms with Crippen LogP contribution >= 0.6 is 11.6 Å². The second kappa shape index (κ2) is 6.19. The van der Waals surface area contributed by atoms with Gasteiger partial charge in [-0.05, 0) is 49.4 Å². The molecule has 0 aliphatic carbocycles. The van der Waals surface area contributed by atoms with Crippen LogP contribution < -0.4 is 9.64 Å². The number of benzene rings is 2. The number of nitriles is 1. The molecule has 122 valence electrons. The Morgan fingerprint density at radius 3 is 2.54 bits per heavy atom. The molecule has 5 nitrogen and oxygen atoms in total. The van der Waals surface area contributed by atoms with Gasteiger partial charge in [-0.2, -0.15) is 5.26 Å². The quantitative estimate of drug-likeness (QED) is 0.826. The highest BCUT2D eigenvalue weighted by Crippen LogP contribution is 2.40. The van der Waals surface area contributed by atoms with Crippen LogP contribution in [-0.4, -0.2) is 15.0 Å². The molecule has 7 heteroatoms. The lowest BCUT2D eigenvalue weighted by Crippen LogP contribution is -2.21. The predicted molar refractivity (Wildman–Crippen MR) is 92.1 cm³/mol. The lowest BCUT2D eigenvalue weighted by atomic mass is 10.2. The number of hydrogen-bond donors (Lipinski definition) is 0. The van der Waals surface area contributed by atoms with Crippen LogP contribution in [0.5, 0.6) is 5.75 Å². The highest BCUT2D eigenvalue weighted by molar-refractivity contribution is 7.95. The zero-order valence-electron chi connectivity index (χ0n) is 12.7. The fraction of sp³-hybridized carbons (Fsp3) is 0.118. The largest absolute Gasteiger partial charge is 0.494 e. The Balaban J connectivity index is 2.17. The minimum atomic E-state index is -3.83. The van der Waals surface area contributed by atoms with Crippen molar-refractivity contribution in [1.82, 2.24) is 0 Å². The zero-order valence-corrected chi connectivity index (χ0v) is 14.3. The van der Waals surface area contributed by atoms with Gasteiger partial charge in [0.05, 0.1) is 17.2 Å². The average molecular weight is 361 g/mol. The maximum atomic E-state index is 12.5. The summed E-state index contributed by atoms with van der Waals surface area (Å²) in [6.45, 7) is 2.45. The summed E-state index contributed by atoms with van der Waals surface area (Å²) < 4.78 is 30.4. The fourth-order valence-electron chi connectivity index (χ4n) is 2.45. The molecule has 0 fully saturated rings. The van der Waals surface area contributed by atoms with Gasteiger partial charge in [0.2, 0.25) is 9.84 Å². The Kier molecular flexibility index (Phi) is 4.22. The van der Waals surface area contributed by atoms with Crippen molar-refractivity contribution in [3.63, 3.8) is 0 Å². The van der Waals surface area contributed by atoms with Gasteiger partial charge in [0, 0.05) is 16.9 Å². The molecule has 0 aromatic heterocycles. The highest BCUT2D eigenvalue weighted by Gasteiger charge is 2.32. The van der Waals surface area contributed by atoms with E-state index in [-0.39, 0.29) is 9.80 Å². The zero-order chi connectivity index (χ0) is 17.3. The summed E-state index contributed by atoms with van der Waals surface area (Å²) in [6.07, 6.45) is 1.31. The van der Waals surface area contributed by atoms with Crippen LogP contribution in [0.1, 0.15) is 6.92 Å². The van der Waals surface area contributed by atoms with Crippen molar-refractivity contribution in [3.05, 3.63) is 58.6 Å². The lowest BCUT2D eigenvalue weighted by Gasteiger charge is -2.27. The van der Waals surface area contributed by atoms with Crippen LogP contribution in [0, 0.1) is 11.3 Å². The number of sulfone groups is 1. The van der Waals surface area contributed by atoms with Gasteiger partial charge < -0.3 is 9.64 Å². The van der Waals surface area contributed by atoms with E-state index < -0.39 is 9.84 Å². The van der Waals surface area contributed by atoms with Gasteiger partial charge in [-0.25, -0.2) is 8.42 Å². The molecule has 0 saturated heterocycles. The SMILES string of the molecule is CCOc1ccc(N2C=C(C#N)S(=O)(=O)c3ccc(Cl)cc32)cc1. The number of allylic oxidation sites excluding steroid dienone is 1. The standard InChI is InChI=1S/C17H13ClN2O3S/c1-2-23-14-6-4-13(5-7-14)20-11-15(10-19)24(21,22)17-8-3-12(18)9-16(17)20/h3-9,11H,2H2,1H3. The molecule has 2 aromatic rings. The number of ether oxygens (including phenoxy) is 1. The van der Waals surface area contributed by atoms with Crippen molar-refractivity contribution >= 4 is 32.8 Å². The molecule has 0 N–H and O–H groups in total. The molecule has 0 saturated carbocycles. The van der Waals surface area contributed by atoms with E-state index in [1.165, 1.54) is 18.3 Å². The maximum absolute atomic E-state index is 12.5. The molecule has 1 aliphatic heterocycles. The van der Waals surface area contributed by atoms with Gasteiger partial charge in [-0.3, -0.25) is 0 Å². The number of rotatable bonds is 3. The summed E-state index contributed by atoms with van der Waals surface area (Å²) in [5.74, 6) is 0.710. The molecule has 0 atom stereocenters. The second-order valence-electron chi connectivity index (χ2n) is 5.02. The molecule has 0 radical (unpaired) electrons. The number of anilines is 2. The van der Waals surface area contributed by atoms with Crippen molar-refractivity contribution in [2.24, 2.45) is 0 Å². The average Bonchev–Trinajstić information content (AvgIpc) is 2.56. The maximum Gasteiger partial charge on any atom is 0.220 e. The second-order valence-corrected chi connectivity index (χ2v) is 7.34. The van der Waals surface area contributed by atoms with E-state index in [9.17, 15) is 13.7 Å². The molecule has 3 rings (SSSR count). The smallest absolute Gasteiger partial charge is 0.220 e. The van der Waals surface area contributed by atoms with Gasteiger partial charge in [0.1, 0.15) is 11.8 Å². The van der Waals surface area contributed by atoms with Crippen molar-refractivity contribution in [3.8, 4) is 11.8 Å². The minimum Gasteiger partial charge on any atom is -0.494 e. The minimum absolute atomic E-state index is 0.0554. The molecule has 1 aliphatic rings. The van der Waals surface area contributed by atoms with Crippen molar-refractivity contribution in [1.29, 1.82) is 5.26 Å². The van der Waals surface area contributed by atoms with E-state index in [1.807, 2.05) is 6.92 Å². The first kappa shape index (κ1) is 16.4. The molecular formula is C17H13ClN2O3S. The first-order chi connectivity index (χ1) is 11.5.